The fourth-order valence-corrected chi connectivity index (χ4v) is 4.89. The van der Waals surface area contributed by atoms with Crippen LogP contribution < -0.4 is 11.1 Å². The van der Waals surface area contributed by atoms with Crippen molar-refractivity contribution >= 4 is 17.7 Å². The number of piperidine rings is 2. The Hall–Kier alpha value is -2.25. The van der Waals surface area contributed by atoms with Gasteiger partial charge in [0.25, 0.3) is 5.91 Å². The predicted molar refractivity (Wildman–Crippen MR) is 109 cm³/mol. The lowest BCUT2D eigenvalue weighted by atomic mass is 9.90. The molecule has 2 atom stereocenters. The zero-order chi connectivity index (χ0) is 20.5. The molecule has 7 nitrogen and oxygen atoms in total. The minimum atomic E-state index is -0.556. The number of nitrogens with two attached hydrogens (primary N) is 1. The van der Waals surface area contributed by atoms with Gasteiger partial charge in [0, 0.05) is 31.1 Å². The molecule has 0 aromatic heterocycles. The molecule has 0 radical (unpaired) electrons. The number of imide groups is 1. The second-order valence-electron chi connectivity index (χ2n) is 8.82. The number of hydrogen-bond donors (Lipinski definition) is 2. The maximum Gasteiger partial charge on any atom is 0.255 e. The number of carbonyl (C=O) groups excluding carboxylic acids is 3. The van der Waals surface area contributed by atoms with Gasteiger partial charge in [-0.15, -0.1) is 0 Å². The summed E-state index contributed by atoms with van der Waals surface area (Å²) < 4.78 is 0. The molecule has 3 amide bonds. The first-order valence-electron chi connectivity index (χ1n) is 10.6. The van der Waals surface area contributed by atoms with Crippen molar-refractivity contribution < 1.29 is 14.4 Å². The third-order valence-corrected chi connectivity index (χ3v) is 6.41. The Morgan fingerprint density at radius 1 is 1.17 bits per heavy atom. The first-order chi connectivity index (χ1) is 13.9. The van der Waals surface area contributed by atoms with Crippen LogP contribution >= 0.6 is 0 Å². The van der Waals surface area contributed by atoms with Crippen molar-refractivity contribution in [2.45, 2.75) is 64.2 Å². The molecule has 2 unspecified atom stereocenters. The van der Waals surface area contributed by atoms with Gasteiger partial charge in [0.1, 0.15) is 6.04 Å². The van der Waals surface area contributed by atoms with E-state index in [1.54, 1.807) is 4.90 Å². The van der Waals surface area contributed by atoms with Crippen LogP contribution in [0.3, 0.4) is 0 Å². The number of fused-ring (bicyclic) bond motifs is 1. The first kappa shape index (κ1) is 20.0. The van der Waals surface area contributed by atoms with Crippen LogP contribution in [0.2, 0.25) is 0 Å². The van der Waals surface area contributed by atoms with Crippen molar-refractivity contribution in [3.8, 4) is 0 Å². The van der Waals surface area contributed by atoms with Crippen LogP contribution in [-0.4, -0.2) is 52.7 Å². The van der Waals surface area contributed by atoms with Gasteiger partial charge >= 0.3 is 0 Å². The molecular formula is C22H30N4O3. The smallest absolute Gasteiger partial charge is 0.255 e. The Bertz CT molecular complexity index is 814. The average molecular weight is 399 g/mol. The topological polar surface area (TPSA) is 95.7 Å². The second-order valence-corrected chi connectivity index (χ2v) is 8.82. The van der Waals surface area contributed by atoms with Gasteiger partial charge in [0.2, 0.25) is 11.8 Å². The van der Waals surface area contributed by atoms with Gasteiger partial charge in [-0.2, -0.15) is 0 Å². The molecule has 0 bridgehead atoms. The summed E-state index contributed by atoms with van der Waals surface area (Å²) in [6, 6.07) is 5.74. The molecule has 0 spiro atoms. The van der Waals surface area contributed by atoms with Crippen LogP contribution in [0.5, 0.6) is 0 Å². The SMILES string of the molecule is CC(N)CC1CCN(Cc2ccc3c(c2)CN(C2CCC(=O)NC2=O)C3=O)CC1. The summed E-state index contributed by atoms with van der Waals surface area (Å²) in [5.41, 5.74) is 8.79. The maximum absolute atomic E-state index is 12.8. The van der Waals surface area contributed by atoms with Crippen LogP contribution in [0.4, 0.5) is 0 Å². The summed E-state index contributed by atoms with van der Waals surface area (Å²) in [5, 5.41) is 2.35. The summed E-state index contributed by atoms with van der Waals surface area (Å²) in [7, 11) is 0. The van der Waals surface area contributed by atoms with Gasteiger partial charge in [0.05, 0.1) is 0 Å². The molecule has 1 aromatic rings. The molecule has 1 aromatic carbocycles. The van der Waals surface area contributed by atoms with Crippen LogP contribution in [0.25, 0.3) is 0 Å². The van der Waals surface area contributed by atoms with E-state index in [0.29, 0.717) is 18.5 Å². The van der Waals surface area contributed by atoms with E-state index in [1.165, 1.54) is 18.4 Å². The fraction of sp³-hybridized carbons (Fsp3) is 0.591. The molecular weight excluding hydrogens is 368 g/mol. The summed E-state index contributed by atoms with van der Waals surface area (Å²) in [5.74, 6) is -0.0107. The molecule has 7 heteroatoms. The van der Waals surface area contributed by atoms with Crippen LogP contribution in [-0.2, 0) is 22.7 Å². The summed E-state index contributed by atoms with van der Waals surface area (Å²) >= 11 is 0. The normalized spacial score (nSPS) is 24.6. The zero-order valence-electron chi connectivity index (χ0n) is 17.0. The quantitative estimate of drug-likeness (QED) is 0.731. The minimum absolute atomic E-state index is 0.113. The standard InChI is InChI=1S/C22H30N4O3/c1-14(23)10-15-6-8-25(9-7-15)12-16-2-3-18-17(11-16)13-26(22(18)29)19-4-5-20(27)24-21(19)28/h2-3,11,14-15,19H,4-10,12-13,23H2,1H3,(H,24,27,28). The van der Waals surface area contributed by atoms with Gasteiger partial charge < -0.3 is 10.6 Å². The maximum atomic E-state index is 12.8. The molecule has 2 fully saturated rings. The Kier molecular flexibility index (Phi) is 5.69. The van der Waals surface area contributed by atoms with Crippen molar-refractivity contribution in [3.05, 3.63) is 34.9 Å². The van der Waals surface area contributed by atoms with E-state index in [9.17, 15) is 14.4 Å². The first-order valence-corrected chi connectivity index (χ1v) is 10.6. The van der Waals surface area contributed by atoms with Gasteiger partial charge in [-0.3, -0.25) is 24.6 Å². The number of likely N-dealkylation sites (tertiary alicyclic amines) is 1. The monoisotopic (exact) mass is 398 g/mol. The van der Waals surface area contributed by atoms with Crippen molar-refractivity contribution in [1.82, 2.24) is 15.1 Å². The third kappa shape index (κ3) is 4.36. The number of nitrogens with one attached hydrogen (secondary N) is 1. The average Bonchev–Trinajstić information content (AvgIpc) is 2.99. The van der Waals surface area contributed by atoms with E-state index >= 15 is 0 Å². The van der Waals surface area contributed by atoms with Gasteiger partial charge in [-0.1, -0.05) is 12.1 Å². The minimum Gasteiger partial charge on any atom is -0.328 e. The number of rotatable bonds is 5. The largest absolute Gasteiger partial charge is 0.328 e. The molecule has 3 N–H and O–H groups in total. The van der Waals surface area contributed by atoms with Crippen molar-refractivity contribution in [3.63, 3.8) is 0 Å². The van der Waals surface area contributed by atoms with Gasteiger partial charge in [0.15, 0.2) is 0 Å². The highest BCUT2D eigenvalue weighted by atomic mass is 16.2. The van der Waals surface area contributed by atoms with Crippen molar-refractivity contribution in [2.24, 2.45) is 11.7 Å². The Balaban J connectivity index is 1.38. The van der Waals surface area contributed by atoms with E-state index in [0.717, 1.165) is 37.5 Å². The number of amides is 3. The molecule has 3 aliphatic rings. The molecule has 2 saturated heterocycles. The summed E-state index contributed by atoms with van der Waals surface area (Å²) in [6.45, 7) is 5.55. The van der Waals surface area contributed by atoms with Crippen LogP contribution in [0.1, 0.15) is 60.5 Å². The highest BCUT2D eigenvalue weighted by Gasteiger charge is 2.39. The van der Waals surface area contributed by atoms with E-state index in [1.807, 2.05) is 12.1 Å². The highest BCUT2D eigenvalue weighted by molar-refractivity contribution is 6.05. The van der Waals surface area contributed by atoms with Crippen LogP contribution in [0, 0.1) is 5.92 Å². The van der Waals surface area contributed by atoms with Crippen molar-refractivity contribution in [2.75, 3.05) is 13.1 Å². The molecule has 0 saturated carbocycles. The van der Waals surface area contributed by atoms with E-state index < -0.39 is 6.04 Å². The molecule has 0 aliphatic carbocycles. The fourth-order valence-electron chi connectivity index (χ4n) is 4.89. The number of nitrogens with zero attached hydrogens (tertiary/aromatic N) is 2. The van der Waals surface area contributed by atoms with E-state index in [-0.39, 0.29) is 30.2 Å². The molecule has 29 heavy (non-hydrogen) atoms. The lowest BCUT2D eigenvalue weighted by Gasteiger charge is -2.32. The van der Waals surface area contributed by atoms with E-state index in [4.69, 9.17) is 5.73 Å². The number of benzene rings is 1. The Labute approximate surface area is 171 Å². The highest BCUT2D eigenvalue weighted by Crippen LogP contribution is 2.29. The summed E-state index contributed by atoms with van der Waals surface area (Å²) in [6.07, 6.45) is 4.15. The molecule has 156 valence electrons. The lowest BCUT2D eigenvalue weighted by molar-refractivity contribution is -0.136. The Morgan fingerprint density at radius 2 is 1.93 bits per heavy atom. The molecule has 3 aliphatic heterocycles. The zero-order valence-corrected chi connectivity index (χ0v) is 17.0. The van der Waals surface area contributed by atoms with Crippen molar-refractivity contribution in [1.29, 1.82) is 0 Å². The second kappa shape index (κ2) is 8.24. The summed E-state index contributed by atoms with van der Waals surface area (Å²) in [4.78, 5) is 40.4. The number of hydrogen-bond acceptors (Lipinski definition) is 5. The lowest BCUT2D eigenvalue weighted by Crippen LogP contribution is -2.52. The third-order valence-electron chi connectivity index (χ3n) is 6.41. The number of carbonyl (C=O) groups is 3. The predicted octanol–water partition coefficient (Wildman–Crippen LogP) is 1.40. The van der Waals surface area contributed by atoms with E-state index in [2.05, 4.69) is 23.2 Å². The van der Waals surface area contributed by atoms with Crippen LogP contribution in [0.15, 0.2) is 18.2 Å². The Morgan fingerprint density at radius 3 is 2.62 bits per heavy atom. The molecule has 4 rings (SSSR count). The van der Waals surface area contributed by atoms with Gasteiger partial charge in [-0.25, -0.2) is 0 Å². The van der Waals surface area contributed by atoms with Gasteiger partial charge in [-0.05, 0) is 68.8 Å². The molecule has 3 heterocycles.